The summed E-state index contributed by atoms with van der Waals surface area (Å²) in [7, 11) is -3.67. The Kier molecular flexibility index (Phi) is 8.07. The Balaban J connectivity index is 0.00000324. The molecule has 0 aliphatic heterocycles. The number of aromatic nitrogens is 2. The van der Waals surface area contributed by atoms with Crippen molar-refractivity contribution in [2.24, 2.45) is 0 Å². The summed E-state index contributed by atoms with van der Waals surface area (Å²) in [5, 5.41) is 6.53. The van der Waals surface area contributed by atoms with Crippen molar-refractivity contribution in [2.75, 3.05) is 19.6 Å². The van der Waals surface area contributed by atoms with E-state index < -0.39 is 23.0 Å². The smallest absolute Gasteiger partial charge is 0.257 e. The third-order valence-electron chi connectivity index (χ3n) is 2.09. The van der Waals surface area contributed by atoms with E-state index in [1.54, 1.807) is 0 Å². The van der Waals surface area contributed by atoms with Crippen LogP contribution < -0.4 is 10.0 Å². The largest absolute Gasteiger partial charge is 0.316 e. The average molecular weight is 319 g/mol. The van der Waals surface area contributed by atoms with Gasteiger partial charge in [-0.1, -0.05) is 6.92 Å². The van der Waals surface area contributed by atoms with Gasteiger partial charge in [0, 0.05) is 19.3 Å². The molecule has 0 saturated heterocycles. The SMILES string of the molecule is CCNCCNS(=O)(=O)c1cnn(CC(F)F)c1.Cl. The van der Waals surface area contributed by atoms with Crippen molar-refractivity contribution in [3.63, 3.8) is 0 Å². The Morgan fingerprint density at radius 2 is 2.11 bits per heavy atom. The third kappa shape index (κ3) is 6.28. The fraction of sp³-hybridized carbons (Fsp3) is 0.667. The monoisotopic (exact) mass is 318 g/mol. The molecule has 0 aliphatic carbocycles. The van der Waals surface area contributed by atoms with Crippen molar-refractivity contribution in [3.05, 3.63) is 12.4 Å². The molecule has 1 aromatic rings. The lowest BCUT2D eigenvalue weighted by Crippen LogP contribution is -2.31. The maximum Gasteiger partial charge on any atom is 0.257 e. The van der Waals surface area contributed by atoms with Gasteiger partial charge in [0.2, 0.25) is 10.0 Å². The highest BCUT2D eigenvalue weighted by Crippen LogP contribution is 2.07. The highest BCUT2D eigenvalue weighted by atomic mass is 35.5. The van der Waals surface area contributed by atoms with Crippen LogP contribution in [0.4, 0.5) is 8.78 Å². The molecule has 19 heavy (non-hydrogen) atoms. The molecular formula is C9H17ClF2N4O2S. The van der Waals surface area contributed by atoms with E-state index in [0.29, 0.717) is 6.54 Å². The van der Waals surface area contributed by atoms with Crippen LogP contribution in [0.25, 0.3) is 0 Å². The van der Waals surface area contributed by atoms with Gasteiger partial charge in [0.05, 0.1) is 6.20 Å². The molecule has 10 heteroatoms. The number of hydrogen-bond acceptors (Lipinski definition) is 4. The van der Waals surface area contributed by atoms with Gasteiger partial charge in [0.1, 0.15) is 11.4 Å². The van der Waals surface area contributed by atoms with Gasteiger partial charge < -0.3 is 5.32 Å². The standard InChI is InChI=1S/C9H16F2N4O2S.ClH/c1-2-12-3-4-14-18(16,17)8-5-13-15(6-8)7-9(10)11;/h5-6,9,12,14H,2-4,7H2,1H3;1H. The van der Waals surface area contributed by atoms with E-state index in [0.717, 1.165) is 23.6 Å². The molecule has 6 nitrogen and oxygen atoms in total. The van der Waals surface area contributed by atoms with Crippen LogP contribution in [0.3, 0.4) is 0 Å². The second-order valence-corrected chi connectivity index (χ2v) is 5.31. The highest BCUT2D eigenvalue weighted by molar-refractivity contribution is 7.89. The predicted molar refractivity (Wildman–Crippen MR) is 69.2 cm³/mol. The molecule has 0 saturated carbocycles. The van der Waals surface area contributed by atoms with E-state index >= 15 is 0 Å². The van der Waals surface area contributed by atoms with Gasteiger partial charge in [0.25, 0.3) is 6.43 Å². The molecule has 1 aromatic heterocycles. The number of nitrogens with zero attached hydrogens (tertiary/aromatic N) is 2. The summed E-state index contributed by atoms with van der Waals surface area (Å²) in [5.74, 6) is 0. The van der Waals surface area contributed by atoms with Crippen LogP contribution in [0.15, 0.2) is 17.3 Å². The van der Waals surface area contributed by atoms with Crippen molar-refractivity contribution >= 4 is 22.4 Å². The molecule has 0 atom stereocenters. The Labute approximate surface area is 117 Å². The Morgan fingerprint density at radius 3 is 2.68 bits per heavy atom. The molecule has 0 spiro atoms. The molecule has 0 fully saturated rings. The number of alkyl halides is 2. The number of likely N-dealkylation sites (N-methyl/N-ethyl adjacent to an activating group) is 1. The number of sulfonamides is 1. The first-order valence-electron chi connectivity index (χ1n) is 5.46. The predicted octanol–water partition coefficient (Wildman–Crippen LogP) is 0.458. The molecule has 0 aromatic carbocycles. The minimum absolute atomic E-state index is 0. The van der Waals surface area contributed by atoms with Crippen LogP contribution in [0.2, 0.25) is 0 Å². The molecular weight excluding hydrogens is 302 g/mol. The lowest BCUT2D eigenvalue weighted by molar-refractivity contribution is 0.121. The Bertz CT molecular complexity index is 467. The fourth-order valence-corrected chi connectivity index (χ4v) is 2.24. The van der Waals surface area contributed by atoms with Crippen molar-refractivity contribution in [1.82, 2.24) is 19.8 Å². The van der Waals surface area contributed by atoms with Crippen molar-refractivity contribution in [1.29, 1.82) is 0 Å². The number of rotatable bonds is 8. The van der Waals surface area contributed by atoms with Crippen LogP contribution in [0.5, 0.6) is 0 Å². The number of halogens is 3. The Morgan fingerprint density at radius 1 is 1.42 bits per heavy atom. The maximum atomic E-state index is 12.1. The number of nitrogens with one attached hydrogen (secondary N) is 2. The summed E-state index contributed by atoms with van der Waals surface area (Å²) in [4.78, 5) is -0.111. The first-order chi connectivity index (χ1) is 8.45. The summed E-state index contributed by atoms with van der Waals surface area (Å²) in [6, 6.07) is 0. The van der Waals surface area contributed by atoms with E-state index in [2.05, 4.69) is 15.1 Å². The molecule has 1 rings (SSSR count). The van der Waals surface area contributed by atoms with E-state index in [1.807, 2.05) is 6.92 Å². The minimum Gasteiger partial charge on any atom is -0.316 e. The van der Waals surface area contributed by atoms with Crippen molar-refractivity contribution < 1.29 is 17.2 Å². The van der Waals surface area contributed by atoms with Crippen LogP contribution in [-0.2, 0) is 16.6 Å². The summed E-state index contributed by atoms with van der Waals surface area (Å²) in [5.41, 5.74) is 0. The highest BCUT2D eigenvalue weighted by Gasteiger charge is 2.16. The maximum absolute atomic E-state index is 12.1. The van der Waals surface area contributed by atoms with Gasteiger partial charge in [-0.15, -0.1) is 12.4 Å². The molecule has 0 amide bonds. The van der Waals surface area contributed by atoms with Crippen molar-refractivity contribution in [3.8, 4) is 0 Å². The molecule has 0 aliphatic rings. The summed E-state index contributed by atoms with van der Waals surface area (Å²) in [6.07, 6.45) is -0.429. The first-order valence-corrected chi connectivity index (χ1v) is 6.95. The van der Waals surface area contributed by atoms with Gasteiger partial charge in [-0.25, -0.2) is 21.9 Å². The van der Waals surface area contributed by atoms with Gasteiger partial charge in [0.15, 0.2) is 0 Å². The Hall–Kier alpha value is -0.770. The van der Waals surface area contributed by atoms with Gasteiger partial charge >= 0.3 is 0 Å². The zero-order valence-corrected chi connectivity index (χ0v) is 12.0. The first kappa shape index (κ1) is 18.2. The van der Waals surface area contributed by atoms with Gasteiger partial charge in [-0.05, 0) is 6.54 Å². The molecule has 0 bridgehead atoms. The second-order valence-electron chi connectivity index (χ2n) is 3.54. The van der Waals surface area contributed by atoms with E-state index in [1.165, 1.54) is 0 Å². The van der Waals surface area contributed by atoms with Crippen LogP contribution in [-0.4, -0.2) is 44.3 Å². The fourth-order valence-electron chi connectivity index (χ4n) is 1.26. The minimum atomic E-state index is -3.67. The molecule has 1 heterocycles. The van der Waals surface area contributed by atoms with Crippen molar-refractivity contribution in [2.45, 2.75) is 24.8 Å². The van der Waals surface area contributed by atoms with E-state index in [9.17, 15) is 17.2 Å². The van der Waals surface area contributed by atoms with Crippen LogP contribution >= 0.6 is 12.4 Å². The van der Waals surface area contributed by atoms with E-state index in [4.69, 9.17) is 0 Å². The quantitative estimate of drug-likeness (QED) is 0.683. The number of hydrogen-bond donors (Lipinski definition) is 2. The lowest BCUT2D eigenvalue weighted by Gasteiger charge is -2.04. The normalized spacial score (nSPS) is 11.6. The van der Waals surface area contributed by atoms with Crippen LogP contribution in [0, 0.1) is 0 Å². The average Bonchev–Trinajstić information content (AvgIpc) is 2.73. The molecule has 112 valence electrons. The lowest BCUT2D eigenvalue weighted by atomic mass is 10.6. The summed E-state index contributed by atoms with van der Waals surface area (Å²) < 4.78 is 50.8. The zero-order valence-electron chi connectivity index (χ0n) is 10.3. The second kappa shape index (κ2) is 8.41. The zero-order chi connectivity index (χ0) is 13.6. The van der Waals surface area contributed by atoms with Gasteiger partial charge in [-0.3, -0.25) is 4.68 Å². The van der Waals surface area contributed by atoms with Crippen LogP contribution in [0.1, 0.15) is 6.92 Å². The third-order valence-corrected chi connectivity index (χ3v) is 3.50. The van der Waals surface area contributed by atoms with E-state index in [-0.39, 0.29) is 23.8 Å². The van der Waals surface area contributed by atoms with Gasteiger partial charge in [-0.2, -0.15) is 5.10 Å². The summed E-state index contributed by atoms with van der Waals surface area (Å²) in [6.45, 7) is 2.76. The topological polar surface area (TPSA) is 76.0 Å². The molecule has 2 N–H and O–H groups in total. The molecule has 0 unspecified atom stereocenters. The summed E-state index contributed by atoms with van der Waals surface area (Å²) >= 11 is 0. The molecule has 0 radical (unpaired) electrons.